The first-order chi connectivity index (χ1) is 9.81. The normalized spacial score (nSPS) is 14.6. The average Bonchev–Trinajstić information content (AvgIpc) is 2.49. The molecular weight excluding hydrogens is 346 g/mol. The zero-order chi connectivity index (χ0) is 14.2. The molecule has 0 saturated carbocycles. The van der Waals surface area contributed by atoms with E-state index in [4.69, 9.17) is 5.41 Å². The lowest BCUT2D eigenvalue weighted by atomic mass is 10.1. The summed E-state index contributed by atoms with van der Waals surface area (Å²) in [5, 5.41) is 15.1. The number of nitrogens with zero attached hydrogens (tertiary/aromatic N) is 2. The lowest BCUT2D eigenvalue weighted by Gasteiger charge is -2.25. The molecule has 0 saturated heterocycles. The monoisotopic (exact) mass is 369 g/mol. The van der Waals surface area contributed by atoms with Crippen LogP contribution in [0.1, 0.15) is 44.6 Å². The minimum atomic E-state index is 0. The number of halogens is 1. The molecule has 0 bridgehead atoms. The van der Waals surface area contributed by atoms with Gasteiger partial charge in [0.2, 0.25) is 0 Å². The van der Waals surface area contributed by atoms with Crippen molar-refractivity contribution in [2.24, 2.45) is 5.10 Å². The van der Waals surface area contributed by atoms with Gasteiger partial charge in [-0.25, -0.2) is 5.01 Å². The van der Waals surface area contributed by atoms with Gasteiger partial charge in [0.1, 0.15) is 0 Å². The third-order valence-corrected chi connectivity index (χ3v) is 4.30. The van der Waals surface area contributed by atoms with Crippen molar-refractivity contribution in [3.05, 3.63) is 35.9 Å². The van der Waals surface area contributed by atoms with Crippen molar-refractivity contribution in [2.75, 3.05) is 12.3 Å². The minimum Gasteiger partial charge on any atom is -0.277 e. The second-order valence-electron chi connectivity index (χ2n) is 5.04. The van der Waals surface area contributed by atoms with Crippen LogP contribution in [0.2, 0.25) is 0 Å². The first-order valence-corrected chi connectivity index (χ1v) is 8.41. The maximum Gasteiger partial charge on any atom is 0.177 e. The molecular formula is C16H24BrN3S. The number of rotatable bonds is 7. The van der Waals surface area contributed by atoms with E-state index in [0.717, 1.165) is 24.4 Å². The van der Waals surface area contributed by atoms with Gasteiger partial charge in [-0.15, -0.1) is 17.0 Å². The van der Waals surface area contributed by atoms with E-state index in [2.05, 4.69) is 24.2 Å². The molecule has 0 fully saturated rings. The van der Waals surface area contributed by atoms with Crippen LogP contribution in [0.3, 0.4) is 0 Å². The Kier molecular flexibility index (Phi) is 8.69. The molecule has 116 valence electrons. The van der Waals surface area contributed by atoms with E-state index in [0.29, 0.717) is 5.17 Å². The topological polar surface area (TPSA) is 39.5 Å². The van der Waals surface area contributed by atoms with Crippen molar-refractivity contribution in [1.29, 1.82) is 5.41 Å². The third-order valence-electron chi connectivity index (χ3n) is 3.40. The Morgan fingerprint density at radius 2 is 1.86 bits per heavy atom. The highest BCUT2D eigenvalue weighted by Crippen LogP contribution is 2.19. The molecule has 21 heavy (non-hydrogen) atoms. The zero-order valence-electron chi connectivity index (χ0n) is 12.5. The number of nitrogens with one attached hydrogen (secondary N) is 1. The minimum absolute atomic E-state index is 0. The number of amidine groups is 1. The van der Waals surface area contributed by atoms with Gasteiger partial charge in [0.05, 0.1) is 5.71 Å². The molecule has 1 aromatic carbocycles. The molecule has 1 heterocycles. The molecule has 1 aliphatic heterocycles. The maximum atomic E-state index is 8.00. The van der Waals surface area contributed by atoms with Crippen molar-refractivity contribution in [1.82, 2.24) is 5.01 Å². The second kappa shape index (κ2) is 10.0. The highest BCUT2D eigenvalue weighted by atomic mass is 79.9. The summed E-state index contributed by atoms with van der Waals surface area (Å²) in [4.78, 5) is 0. The van der Waals surface area contributed by atoms with Crippen LogP contribution in [-0.4, -0.2) is 28.2 Å². The van der Waals surface area contributed by atoms with Gasteiger partial charge in [-0.05, 0) is 12.0 Å². The smallest absolute Gasteiger partial charge is 0.177 e. The molecule has 0 spiro atoms. The van der Waals surface area contributed by atoms with E-state index in [9.17, 15) is 0 Å². The quantitative estimate of drug-likeness (QED) is 0.692. The summed E-state index contributed by atoms with van der Waals surface area (Å²) in [5.74, 6) is 0.801. The first kappa shape index (κ1) is 18.2. The van der Waals surface area contributed by atoms with Crippen molar-refractivity contribution >= 4 is 39.6 Å². The molecule has 1 aromatic rings. The standard InChI is InChI=1S/C16H23N3S.BrH/c1-2-3-4-5-9-12-19-16(17)20-13-15(18-19)14-10-7-6-8-11-14;/h6-8,10-11,17H,2-5,9,12-13H2,1H3;1H. The van der Waals surface area contributed by atoms with Gasteiger partial charge >= 0.3 is 0 Å². The van der Waals surface area contributed by atoms with E-state index in [-0.39, 0.29) is 17.0 Å². The summed E-state index contributed by atoms with van der Waals surface area (Å²) in [5.41, 5.74) is 2.25. The van der Waals surface area contributed by atoms with Gasteiger partial charge in [0.15, 0.2) is 5.17 Å². The Labute approximate surface area is 142 Å². The largest absolute Gasteiger partial charge is 0.277 e. The van der Waals surface area contributed by atoms with Gasteiger partial charge in [-0.2, -0.15) is 5.10 Å². The van der Waals surface area contributed by atoms with Crippen molar-refractivity contribution in [3.8, 4) is 0 Å². The number of hydrogen-bond acceptors (Lipinski definition) is 3. The van der Waals surface area contributed by atoms with Crippen LogP contribution in [0.5, 0.6) is 0 Å². The molecule has 1 aliphatic rings. The third kappa shape index (κ3) is 5.83. The summed E-state index contributed by atoms with van der Waals surface area (Å²) in [6, 6.07) is 10.3. The number of unbranched alkanes of at least 4 members (excludes halogenated alkanes) is 4. The van der Waals surface area contributed by atoms with Crippen molar-refractivity contribution < 1.29 is 0 Å². The second-order valence-corrected chi connectivity index (χ2v) is 6.01. The van der Waals surface area contributed by atoms with Gasteiger partial charge in [0.25, 0.3) is 0 Å². The van der Waals surface area contributed by atoms with Gasteiger partial charge < -0.3 is 0 Å². The molecule has 5 heteroatoms. The molecule has 0 unspecified atom stereocenters. The molecule has 0 atom stereocenters. The maximum absolute atomic E-state index is 8.00. The van der Waals surface area contributed by atoms with Crippen LogP contribution in [0.25, 0.3) is 0 Å². The molecule has 1 N–H and O–H groups in total. The SMILES string of the molecule is Br.CCCCCCCN1N=C(c2ccccc2)CSC1=N. The number of benzene rings is 1. The zero-order valence-corrected chi connectivity index (χ0v) is 15.1. The van der Waals surface area contributed by atoms with E-state index < -0.39 is 0 Å². The summed E-state index contributed by atoms with van der Waals surface area (Å²) in [7, 11) is 0. The van der Waals surface area contributed by atoms with E-state index in [1.165, 1.54) is 31.2 Å². The summed E-state index contributed by atoms with van der Waals surface area (Å²) >= 11 is 1.58. The van der Waals surface area contributed by atoms with E-state index >= 15 is 0 Å². The van der Waals surface area contributed by atoms with Crippen LogP contribution >= 0.6 is 28.7 Å². The fourth-order valence-corrected chi connectivity index (χ4v) is 3.00. The van der Waals surface area contributed by atoms with Crippen LogP contribution in [0, 0.1) is 5.41 Å². The number of hydrazone groups is 1. The van der Waals surface area contributed by atoms with Gasteiger partial charge in [-0.1, -0.05) is 74.7 Å². The highest BCUT2D eigenvalue weighted by Gasteiger charge is 2.18. The summed E-state index contributed by atoms with van der Waals surface area (Å²) in [6.07, 6.45) is 6.23. The van der Waals surface area contributed by atoms with E-state index in [1.807, 2.05) is 23.2 Å². The Morgan fingerprint density at radius 1 is 1.14 bits per heavy atom. The Balaban J connectivity index is 0.00000220. The van der Waals surface area contributed by atoms with Crippen LogP contribution in [-0.2, 0) is 0 Å². The van der Waals surface area contributed by atoms with Gasteiger partial charge in [-0.3, -0.25) is 5.41 Å². The lowest BCUT2D eigenvalue weighted by Crippen LogP contribution is -2.31. The Bertz CT molecular complexity index is 462. The predicted octanol–water partition coefficient (Wildman–Crippen LogP) is 4.92. The van der Waals surface area contributed by atoms with Crippen LogP contribution < -0.4 is 0 Å². The summed E-state index contributed by atoms with van der Waals surface area (Å²) in [6.45, 7) is 3.10. The number of hydrogen-bond donors (Lipinski definition) is 1. The van der Waals surface area contributed by atoms with Gasteiger partial charge in [0, 0.05) is 12.3 Å². The fourth-order valence-electron chi connectivity index (χ4n) is 2.22. The molecule has 0 aromatic heterocycles. The highest BCUT2D eigenvalue weighted by molar-refractivity contribution is 8.93. The summed E-state index contributed by atoms with van der Waals surface area (Å²) < 4.78 is 0. The Hall–Kier alpha value is -0.810. The average molecular weight is 370 g/mol. The first-order valence-electron chi connectivity index (χ1n) is 7.43. The fraction of sp³-hybridized carbons (Fsp3) is 0.500. The van der Waals surface area contributed by atoms with Crippen LogP contribution in [0.15, 0.2) is 35.4 Å². The Morgan fingerprint density at radius 3 is 2.57 bits per heavy atom. The molecule has 3 nitrogen and oxygen atoms in total. The molecule has 0 radical (unpaired) electrons. The predicted molar refractivity (Wildman–Crippen MR) is 99.0 cm³/mol. The molecule has 2 rings (SSSR count). The van der Waals surface area contributed by atoms with Crippen LogP contribution in [0.4, 0.5) is 0 Å². The molecule has 0 amide bonds. The van der Waals surface area contributed by atoms with Crippen molar-refractivity contribution in [2.45, 2.75) is 39.0 Å². The molecule has 0 aliphatic carbocycles. The van der Waals surface area contributed by atoms with E-state index in [1.54, 1.807) is 11.8 Å². The lowest BCUT2D eigenvalue weighted by molar-refractivity contribution is 0.425. The number of thioether (sulfide) groups is 1. The van der Waals surface area contributed by atoms with Crippen molar-refractivity contribution in [3.63, 3.8) is 0 Å².